The minimum Gasteiger partial charge on any atom is -0.497 e. The van der Waals surface area contributed by atoms with Crippen LogP contribution >= 0.6 is 12.2 Å². The molecule has 1 saturated heterocycles. The fourth-order valence-electron chi connectivity index (χ4n) is 3.82. The number of aliphatic hydroxyl groups is 1. The molecule has 0 amide bonds. The van der Waals surface area contributed by atoms with Crippen molar-refractivity contribution in [2.75, 3.05) is 20.3 Å². The van der Waals surface area contributed by atoms with Gasteiger partial charge in [0.15, 0.2) is 5.11 Å². The molecule has 6 nitrogen and oxygen atoms in total. The molecule has 0 radical (unpaired) electrons. The van der Waals surface area contributed by atoms with Crippen LogP contribution in [-0.2, 0) is 0 Å². The summed E-state index contributed by atoms with van der Waals surface area (Å²) in [5.41, 5.74) is 3.09. The van der Waals surface area contributed by atoms with Crippen LogP contribution in [0.4, 0.5) is 0 Å². The molecule has 2 atom stereocenters. The minimum atomic E-state index is -0.0747. The third kappa shape index (κ3) is 3.83. The normalized spacial score (nSPS) is 18.7. The third-order valence-electron chi connectivity index (χ3n) is 5.19. The SMILES string of the molecule is COc1ccc(-n2cccc2[C@@H]2[C@H](c3ccccn3)NC(=S)N2CCCO)cc1. The molecule has 1 fully saturated rings. The van der Waals surface area contributed by atoms with E-state index in [-0.39, 0.29) is 18.7 Å². The topological polar surface area (TPSA) is 62.5 Å². The van der Waals surface area contributed by atoms with Crippen LogP contribution < -0.4 is 10.1 Å². The van der Waals surface area contributed by atoms with Gasteiger partial charge in [0, 0.05) is 36.9 Å². The first kappa shape index (κ1) is 19.4. The summed E-state index contributed by atoms with van der Waals surface area (Å²) >= 11 is 5.65. The van der Waals surface area contributed by atoms with Crippen molar-refractivity contribution in [2.24, 2.45) is 0 Å². The van der Waals surface area contributed by atoms with E-state index >= 15 is 0 Å². The maximum atomic E-state index is 9.37. The molecule has 7 heteroatoms. The summed E-state index contributed by atoms with van der Waals surface area (Å²) in [5.74, 6) is 0.821. The molecule has 29 heavy (non-hydrogen) atoms. The van der Waals surface area contributed by atoms with Crippen LogP contribution in [0.25, 0.3) is 5.69 Å². The van der Waals surface area contributed by atoms with Crippen molar-refractivity contribution >= 4 is 17.3 Å². The van der Waals surface area contributed by atoms with Crippen LogP contribution in [0.15, 0.2) is 67.0 Å². The molecule has 1 aliphatic rings. The lowest BCUT2D eigenvalue weighted by atomic mass is 10.0. The predicted octanol–water partition coefficient (Wildman–Crippen LogP) is 3.24. The molecule has 1 aromatic carbocycles. The Hall–Kier alpha value is -2.90. The number of nitrogens with zero attached hydrogens (tertiary/aromatic N) is 3. The van der Waals surface area contributed by atoms with E-state index in [9.17, 15) is 5.11 Å². The van der Waals surface area contributed by atoms with Crippen molar-refractivity contribution in [3.8, 4) is 11.4 Å². The Balaban J connectivity index is 1.76. The number of hydrogen-bond acceptors (Lipinski definition) is 4. The molecule has 150 valence electrons. The van der Waals surface area contributed by atoms with E-state index in [0.29, 0.717) is 18.1 Å². The lowest BCUT2D eigenvalue weighted by Crippen LogP contribution is -2.31. The first-order valence-electron chi connectivity index (χ1n) is 9.63. The van der Waals surface area contributed by atoms with E-state index in [1.807, 2.05) is 48.5 Å². The summed E-state index contributed by atoms with van der Waals surface area (Å²) in [7, 11) is 1.66. The van der Waals surface area contributed by atoms with Gasteiger partial charge in [-0.3, -0.25) is 4.98 Å². The largest absolute Gasteiger partial charge is 0.497 e. The van der Waals surface area contributed by atoms with Crippen LogP contribution in [0.3, 0.4) is 0 Å². The molecular weight excluding hydrogens is 384 g/mol. The predicted molar refractivity (Wildman–Crippen MR) is 116 cm³/mol. The zero-order chi connectivity index (χ0) is 20.2. The Morgan fingerprint density at radius 3 is 2.66 bits per heavy atom. The van der Waals surface area contributed by atoms with Crippen molar-refractivity contribution in [2.45, 2.75) is 18.5 Å². The average Bonchev–Trinajstić information content (AvgIpc) is 3.37. The van der Waals surface area contributed by atoms with Gasteiger partial charge < -0.3 is 24.6 Å². The highest BCUT2D eigenvalue weighted by atomic mass is 32.1. The first-order chi connectivity index (χ1) is 14.2. The van der Waals surface area contributed by atoms with Crippen LogP contribution in [0.2, 0.25) is 0 Å². The summed E-state index contributed by atoms with van der Waals surface area (Å²) in [4.78, 5) is 6.72. The fraction of sp³-hybridized carbons (Fsp3) is 0.273. The van der Waals surface area contributed by atoms with Gasteiger partial charge in [0.1, 0.15) is 5.75 Å². The molecule has 0 saturated carbocycles. The monoisotopic (exact) mass is 408 g/mol. The summed E-state index contributed by atoms with van der Waals surface area (Å²) in [6.07, 6.45) is 4.50. The first-order valence-corrected chi connectivity index (χ1v) is 10.0. The average molecular weight is 409 g/mol. The van der Waals surface area contributed by atoms with E-state index in [0.717, 1.165) is 22.8 Å². The molecule has 0 bridgehead atoms. The highest BCUT2D eigenvalue weighted by Crippen LogP contribution is 2.39. The Kier molecular flexibility index (Phi) is 5.78. The second kappa shape index (κ2) is 8.63. The van der Waals surface area contributed by atoms with Crippen LogP contribution in [0, 0.1) is 0 Å². The maximum absolute atomic E-state index is 9.37. The number of aromatic nitrogens is 2. The van der Waals surface area contributed by atoms with E-state index < -0.39 is 0 Å². The van der Waals surface area contributed by atoms with Crippen molar-refractivity contribution in [1.29, 1.82) is 0 Å². The highest BCUT2D eigenvalue weighted by molar-refractivity contribution is 7.80. The van der Waals surface area contributed by atoms with E-state index in [1.165, 1.54) is 0 Å². The lowest BCUT2D eigenvalue weighted by Gasteiger charge is -2.28. The van der Waals surface area contributed by atoms with Crippen LogP contribution in [0.5, 0.6) is 5.75 Å². The zero-order valence-corrected chi connectivity index (χ0v) is 17.0. The van der Waals surface area contributed by atoms with Gasteiger partial charge in [0.05, 0.1) is 24.9 Å². The van der Waals surface area contributed by atoms with Gasteiger partial charge in [-0.1, -0.05) is 6.07 Å². The van der Waals surface area contributed by atoms with Gasteiger partial charge in [-0.05, 0) is 67.2 Å². The number of thiocarbonyl (C=S) groups is 1. The van der Waals surface area contributed by atoms with E-state index in [1.54, 1.807) is 13.3 Å². The molecular formula is C22H24N4O2S. The van der Waals surface area contributed by atoms with Crippen molar-refractivity contribution in [1.82, 2.24) is 19.8 Å². The second-order valence-corrected chi connectivity index (χ2v) is 7.28. The molecule has 0 unspecified atom stereocenters. The quantitative estimate of drug-likeness (QED) is 0.586. The smallest absolute Gasteiger partial charge is 0.170 e. The van der Waals surface area contributed by atoms with Crippen molar-refractivity contribution in [3.63, 3.8) is 0 Å². The number of rotatable bonds is 7. The second-order valence-electron chi connectivity index (χ2n) is 6.90. The molecule has 3 heterocycles. The summed E-state index contributed by atoms with van der Waals surface area (Å²) in [5, 5.41) is 13.5. The fourth-order valence-corrected chi connectivity index (χ4v) is 4.15. The van der Waals surface area contributed by atoms with Gasteiger partial charge in [0.25, 0.3) is 0 Å². The number of pyridine rings is 1. The molecule has 0 spiro atoms. The number of hydrogen-bond donors (Lipinski definition) is 2. The highest BCUT2D eigenvalue weighted by Gasteiger charge is 2.40. The Labute approximate surface area is 175 Å². The number of aliphatic hydroxyl groups excluding tert-OH is 1. The van der Waals surface area contributed by atoms with Gasteiger partial charge >= 0.3 is 0 Å². The van der Waals surface area contributed by atoms with E-state index in [2.05, 4.69) is 32.0 Å². The van der Waals surface area contributed by atoms with Gasteiger partial charge in [-0.2, -0.15) is 0 Å². The molecule has 4 rings (SSSR count). The lowest BCUT2D eigenvalue weighted by molar-refractivity contribution is 0.245. The Morgan fingerprint density at radius 2 is 1.97 bits per heavy atom. The van der Waals surface area contributed by atoms with Gasteiger partial charge in [-0.25, -0.2) is 0 Å². The molecule has 1 aliphatic heterocycles. The van der Waals surface area contributed by atoms with Gasteiger partial charge in [0.2, 0.25) is 0 Å². The standard InChI is InChI=1S/C22H24N4O2S/c1-28-17-10-8-16(9-11-17)25-13-4-7-19(25)21-20(18-6-2-3-12-23-18)24-22(29)26(21)14-5-15-27/h2-4,6-13,20-21,27H,5,14-15H2,1H3,(H,24,29)/t20-,21+/m0/s1. The Morgan fingerprint density at radius 1 is 1.14 bits per heavy atom. The number of methoxy groups -OCH3 is 1. The molecule has 2 N–H and O–H groups in total. The number of benzene rings is 1. The molecule has 0 aliphatic carbocycles. The van der Waals surface area contributed by atoms with Crippen molar-refractivity contribution < 1.29 is 9.84 Å². The number of nitrogens with one attached hydrogen (secondary N) is 1. The molecule has 3 aromatic rings. The van der Waals surface area contributed by atoms with Gasteiger partial charge in [-0.15, -0.1) is 0 Å². The zero-order valence-electron chi connectivity index (χ0n) is 16.2. The van der Waals surface area contributed by atoms with Crippen LogP contribution in [-0.4, -0.2) is 44.9 Å². The maximum Gasteiger partial charge on any atom is 0.170 e. The van der Waals surface area contributed by atoms with E-state index in [4.69, 9.17) is 17.0 Å². The summed E-state index contributed by atoms with van der Waals surface area (Å²) in [6.45, 7) is 0.795. The molecule has 2 aromatic heterocycles. The number of ether oxygens (including phenoxy) is 1. The Bertz CT molecular complexity index is 958. The summed E-state index contributed by atoms with van der Waals surface area (Å²) < 4.78 is 7.46. The minimum absolute atomic E-state index is 0.0407. The third-order valence-corrected chi connectivity index (χ3v) is 5.54. The summed E-state index contributed by atoms with van der Waals surface area (Å²) in [6, 6.07) is 17.9. The van der Waals surface area contributed by atoms with Crippen LogP contribution in [0.1, 0.15) is 29.9 Å². The van der Waals surface area contributed by atoms with Crippen molar-refractivity contribution in [3.05, 3.63) is 78.4 Å².